The van der Waals surface area contributed by atoms with Gasteiger partial charge >= 0.3 is 59.7 Å². The largest absolute Gasteiger partial charge is 0.460 e. The second-order valence-corrected chi connectivity index (χ2v) is 5.84. The lowest BCUT2D eigenvalue weighted by molar-refractivity contribution is -0.435. The van der Waals surface area contributed by atoms with Gasteiger partial charge in [0.25, 0.3) is 0 Å². The van der Waals surface area contributed by atoms with E-state index in [-0.39, 0.29) is 0 Å². The highest BCUT2D eigenvalue weighted by molar-refractivity contribution is 5.26. The minimum atomic E-state index is -8.61. The maximum atomic E-state index is 13.1. The van der Waals surface area contributed by atoms with Crippen LogP contribution >= 0.6 is 0 Å². The van der Waals surface area contributed by atoms with Gasteiger partial charge < -0.3 is 0 Å². The summed E-state index contributed by atoms with van der Waals surface area (Å²) < 4.78 is 277. The zero-order chi connectivity index (χ0) is 28.4. The highest BCUT2D eigenvalue weighted by Gasteiger charge is 2.91. The molecule has 0 N–H and O–H groups in total. The summed E-state index contributed by atoms with van der Waals surface area (Å²) in [5.41, 5.74) is 0. The maximum absolute atomic E-state index is 13.1. The zero-order valence-corrected chi connectivity index (χ0v) is 14.3. The van der Waals surface area contributed by atoms with E-state index in [1.807, 2.05) is 0 Å². The summed E-state index contributed by atoms with van der Waals surface area (Å²) in [6.45, 7) is 0. The molecule has 0 spiro atoms. The van der Waals surface area contributed by atoms with Crippen LogP contribution in [0.25, 0.3) is 0 Å². The minimum absolute atomic E-state index is 1.41. The molecule has 0 radical (unpaired) electrons. The first-order chi connectivity index (χ1) is 14.2. The van der Waals surface area contributed by atoms with Crippen molar-refractivity contribution in [1.82, 2.24) is 0 Å². The van der Waals surface area contributed by atoms with Crippen LogP contribution in [0.3, 0.4) is 0 Å². The lowest BCUT2D eigenvalue weighted by atomic mass is 9.94. The van der Waals surface area contributed by atoms with Crippen molar-refractivity contribution in [2.24, 2.45) is 0 Å². The van der Waals surface area contributed by atoms with Crippen LogP contribution in [0.15, 0.2) is 0 Å². The molecule has 0 rings (SSSR count). The first kappa shape index (κ1) is 32.0. The molecule has 0 heterocycles. The van der Waals surface area contributed by atoms with Crippen LogP contribution in [0.5, 0.6) is 0 Å². The summed E-state index contributed by atoms with van der Waals surface area (Å²) in [6, 6.07) is 0. The van der Waals surface area contributed by atoms with Crippen molar-refractivity contribution in [1.29, 1.82) is 0 Å². The lowest BCUT2D eigenvalue weighted by Crippen LogP contribution is -2.69. The molecule has 34 heavy (non-hydrogen) atoms. The topological polar surface area (TPSA) is 0 Å². The highest BCUT2D eigenvalue weighted by atomic mass is 19.4. The molecule has 22 heteroatoms. The summed E-state index contributed by atoms with van der Waals surface area (Å²) in [7, 11) is 0. The van der Waals surface area contributed by atoms with Gasteiger partial charge in [-0.05, 0) is 11.8 Å². The Morgan fingerprint density at radius 2 is 0.412 bits per heavy atom. The normalized spacial score (nSPS) is 16.3. The predicted octanol–water partition coefficient (Wildman–Crippen LogP) is 7.20. The molecule has 0 saturated carbocycles. The fraction of sp³-hybridized carbons (Fsp3) is 0.833. The van der Waals surface area contributed by atoms with E-state index in [4.69, 9.17) is 0 Å². The average molecular weight is 562 g/mol. The molecule has 0 amide bonds. The Kier molecular flexibility index (Phi) is 7.31. The second kappa shape index (κ2) is 7.76. The van der Waals surface area contributed by atoms with Crippen molar-refractivity contribution in [2.45, 2.75) is 59.7 Å². The number of hydrogen-bond donors (Lipinski definition) is 0. The van der Waals surface area contributed by atoms with Gasteiger partial charge in [0.2, 0.25) is 0 Å². The predicted molar refractivity (Wildman–Crippen MR) is 59.5 cm³/mol. The molecule has 0 nitrogen and oxygen atoms in total. The minimum Gasteiger partial charge on any atom is -0.192 e. The van der Waals surface area contributed by atoms with Crippen LogP contribution in [0.1, 0.15) is 0 Å². The molecule has 0 aliphatic heterocycles. The van der Waals surface area contributed by atoms with Crippen molar-refractivity contribution in [3.05, 3.63) is 0 Å². The lowest BCUT2D eigenvalue weighted by Gasteiger charge is -2.38. The average Bonchev–Trinajstić information content (AvgIpc) is 2.57. The van der Waals surface area contributed by atoms with E-state index in [1.54, 1.807) is 0 Å². The monoisotopic (exact) mass is 562 g/mol. The van der Waals surface area contributed by atoms with Crippen molar-refractivity contribution in [3.63, 3.8) is 0 Å². The van der Waals surface area contributed by atoms with Gasteiger partial charge in [-0.3, -0.25) is 0 Å². The SMILES string of the molecule is FC(F)(F)C(F)(F)C(F)(F)C(F)(F)C#CC(F)(F)C(F)(F)C(F)(F)C(F)(F)C(F)(F)C(F)(F)F. The van der Waals surface area contributed by atoms with Crippen LogP contribution in [0, 0.1) is 11.8 Å². The summed E-state index contributed by atoms with van der Waals surface area (Å²) in [4.78, 5) is 0. The van der Waals surface area contributed by atoms with Gasteiger partial charge in [-0.1, -0.05) is 0 Å². The molecular formula is C12F22. The van der Waals surface area contributed by atoms with Gasteiger partial charge in [0.05, 0.1) is 0 Å². The Morgan fingerprint density at radius 1 is 0.235 bits per heavy atom. The maximum Gasteiger partial charge on any atom is 0.460 e. The third-order valence-corrected chi connectivity index (χ3v) is 3.45. The van der Waals surface area contributed by atoms with Crippen LogP contribution in [0.2, 0.25) is 0 Å². The fourth-order valence-electron chi connectivity index (χ4n) is 1.46. The molecule has 0 aliphatic rings. The highest BCUT2D eigenvalue weighted by Crippen LogP contribution is 2.60. The third kappa shape index (κ3) is 4.26. The van der Waals surface area contributed by atoms with E-state index in [0.717, 1.165) is 0 Å². The quantitative estimate of drug-likeness (QED) is 0.238. The Morgan fingerprint density at radius 3 is 0.647 bits per heavy atom. The van der Waals surface area contributed by atoms with Crippen molar-refractivity contribution >= 4 is 0 Å². The van der Waals surface area contributed by atoms with E-state index in [0.29, 0.717) is 0 Å². The van der Waals surface area contributed by atoms with E-state index in [2.05, 4.69) is 0 Å². The van der Waals surface area contributed by atoms with E-state index >= 15 is 0 Å². The summed E-state index contributed by atoms with van der Waals surface area (Å²) in [5, 5.41) is 0. The van der Waals surface area contributed by atoms with Crippen LogP contribution in [-0.4, -0.2) is 59.7 Å². The Hall–Kier alpha value is -1.98. The first-order valence-corrected chi connectivity index (χ1v) is 6.91. The molecule has 0 aromatic rings. The molecule has 0 bridgehead atoms. The van der Waals surface area contributed by atoms with Gasteiger partial charge in [-0.15, -0.1) is 0 Å². The molecule has 0 unspecified atom stereocenters. The van der Waals surface area contributed by atoms with Gasteiger partial charge in [0.1, 0.15) is 0 Å². The van der Waals surface area contributed by atoms with Crippen LogP contribution in [0.4, 0.5) is 96.6 Å². The van der Waals surface area contributed by atoms with Gasteiger partial charge in [0.15, 0.2) is 0 Å². The Bertz CT molecular complexity index is 810. The molecule has 0 aromatic heterocycles. The molecule has 0 saturated heterocycles. The Balaban J connectivity index is 6.71. The molecule has 202 valence electrons. The van der Waals surface area contributed by atoms with E-state index < -0.39 is 71.6 Å². The molecule has 0 aliphatic carbocycles. The number of hydrogen-bond acceptors (Lipinski definition) is 0. The molecular weight excluding hydrogens is 562 g/mol. The van der Waals surface area contributed by atoms with Gasteiger partial charge in [0, 0.05) is 0 Å². The summed E-state index contributed by atoms with van der Waals surface area (Å²) in [6.07, 6.45) is -15.5. The molecule has 0 fully saturated rings. The first-order valence-electron chi connectivity index (χ1n) is 6.91. The molecule has 0 aromatic carbocycles. The number of rotatable bonds is 6. The van der Waals surface area contributed by atoms with Crippen molar-refractivity contribution in [2.75, 3.05) is 0 Å². The summed E-state index contributed by atoms with van der Waals surface area (Å²) in [5.74, 6) is -67.8. The van der Waals surface area contributed by atoms with E-state index in [1.165, 1.54) is 0 Å². The van der Waals surface area contributed by atoms with Crippen LogP contribution < -0.4 is 0 Å². The van der Waals surface area contributed by atoms with Crippen LogP contribution in [-0.2, 0) is 0 Å². The number of alkyl halides is 22. The molecule has 0 atom stereocenters. The van der Waals surface area contributed by atoms with Crippen molar-refractivity contribution < 1.29 is 96.6 Å². The Labute approximate surface area is 169 Å². The summed E-state index contributed by atoms with van der Waals surface area (Å²) >= 11 is 0. The second-order valence-electron chi connectivity index (χ2n) is 5.84. The van der Waals surface area contributed by atoms with Gasteiger partial charge in [-0.2, -0.15) is 96.6 Å². The smallest absolute Gasteiger partial charge is 0.192 e. The fourth-order valence-corrected chi connectivity index (χ4v) is 1.46. The standard InChI is InChI=1S/C12F22/c13-3(14,1-2-4(15,16)6(19,20)9(25,26)11(29,30)31)5(17,18)7(21,22)8(23,24)10(27,28)12(32,33)34. The van der Waals surface area contributed by atoms with E-state index in [9.17, 15) is 96.6 Å². The third-order valence-electron chi connectivity index (χ3n) is 3.45. The zero-order valence-electron chi connectivity index (χ0n) is 14.3. The van der Waals surface area contributed by atoms with Gasteiger partial charge in [-0.25, -0.2) is 0 Å². The van der Waals surface area contributed by atoms with Crippen molar-refractivity contribution in [3.8, 4) is 11.8 Å². The number of halogens is 22.